The number of carbonyl (C=O) groups is 1. The van der Waals surface area contributed by atoms with Crippen molar-refractivity contribution in [2.24, 2.45) is 7.05 Å². The molecular formula is C15H18N4O. The van der Waals surface area contributed by atoms with Crippen LogP contribution in [0.15, 0.2) is 36.7 Å². The third-order valence-corrected chi connectivity index (χ3v) is 3.62. The Morgan fingerprint density at radius 1 is 1.45 bits per heavy atom. The fourth-order valence-corrected chi connectivity index (χ4v) is 2.70. The minimum absolute atomic E-state index is 0.0267. The van der Waals surface area contributed by atoms with Gasteiger partial charge in [-0.25, -0.2) is 0 Å². The van der Waals surface area contributed by atoms with Crippen LogP contribution in [0.2, 0.25) is 0 Å². The smallest absolute Gasteiger partial charge is 0.232 e. The zero-order valence-electron chi connectivity index (χ0n) is 11.6. The third kappa shape index (κ3) is 2.39. The van der Waals surface area contributed by atoms with Gasteiger partial charge in [-0.05, 0) is 25.0 Å². The van der Waals surface area contributed by atoms with Crippen LogP contribution in [-0.2, 0) is 11.8 Å². The molecule has 3 rings (SSSR count). The molecule has 2 N–H and O–H groups in total. The van der Waals surface area contributed by atoms with Crippen molar-refractivity contribution in [1.82, 2.24) is 9.78 Å². The minimum Gasteiger partial charge on any atom is -0.382 e. The average Bonchev–Trinajstić information content (AvgIpc) is 2.83. The lowest BCUT2D eigenvalue weighted by Crippen LogP contribution is -2.32. The van der Waals surface area contributed by atoms with Gasteiger partial charge >= 0.3 is 0 Å². The van der Waals surface area contributed by atoms with Crippen molar-refractivity contribution in [2.75, 3.05) is 10.6 Å². The highest BCUT2D eigenvalue weighted by molar-refractivity contribution is 5.97. The Balaban J connectivity index is 1.84. The van der Waals surface area contributed by atoms with E-state index < -0.39 is 0 Å². The van der Waals surface area contributed by atoms with Gasteiger partial charge < -0.3 is 10.6 Å². The van der Waals surface area contributed by atoms with E-state index in [9.17, 15) is 4.79 Å². The van der Waals surface area contributed by atoms with Gasteiger partial charge in [0.05, 0.1) is 17.8 Å². The van der Waals surface area contributed by atoms with Crippen LogP contribution < -0.4 is 10.6 Å². The molecule has 104 valence electrons. The van der Waals surface area contributed by atoms with E-state index in [1.165, 1.54) is 0 Å². The van der Waals surface area contributed by atoms with Gasteiger partial charge in [0.1, 0.15) is 0 Å². The van der Waals surface area contributed by atoms with Crippen molar-refractivity contribution in [3.05, 3.63) is 42.2 Å². The first-order valence-electron chi connectivity index (χ1n) is 6.78. The second kappa shape index (κ2) is 5.00. The molecule has 5 nitrogen and oxygen atoms in total. The van der Waals surface area contributed by atoms with E-state index in [1.54, 1.807) is 17.1 Å². The van der Waals surface area contributed by atoms with Gasteiger partial charge in [0.15, 0.2) is 0 Å². The summed E-state index contributed by atoms with van der Waals surface area (Å²) in [5.74, 6) is -0.0959. The Labute approximate surface area is 118 Å². The molecule has 2 aromatic rings. The number of para-hydroxylation sites is 1. The first-order chi connectivity index (χ1) is 9.63. The van der Waals surface area contributed by atoms with Gasteiger partial charge in [0.2, 0.25) is 5.91 Å². The molecule has 0 spiro atoms. The van der Waals surface area contributed by atoms with Crippen LogP contribution in [0.1, 0.15) is 24.8 Å². The van der Waals surface area contributed by atoms with Gasteiger partial charge in [0.25, 0.3) is 0 Å². The Bertz CT molecular complexity index is 634. The monoisotopic (exact) mass is 270 g/mol. The molecule has 0 bridgehead atoms. The Kier molecular flexibility index (Phi) is 3.18. The molecule has 0 radical (unpaired) electrons. The molecule has 1 aromatic heterocycles. The van der Waals surface area contributed by atoms with E-state index in [-0.39, 0.29) is 17.9 Å². The molecule has 1 amide bonds. The van der Waals surface area contributed by atoms with E-state index in [0.717, 1.165) is 23.4 Å². The average molecular weight is 270 g/mol. The molecule has 2 heterocycles. The van der Waals surface area contributed by atoms with Crippen LogP contribution in [0, 0.1) is 0 Å². The number of carbonyl (C=O) groups excluding carboxylic acids is 1. The second-order valence-electron chi connectivity index (χ2n) is 5.31. The van der Waals surface area contributed by atoms with Gasteiger partial charge in [-0.2, -0.15) is 5.10 Å². The lowest BCUT2D eigenvalue weighted by atomic mass is 9.87. The van der Waals surface area contributed by atoms with Crippen molar-refractivity contribution < 1.29 is 4.79 Å². The summed E-state index contributed by atoms with van der Waals surface area (Å²) in [5.41, 5.74) is 2.85. The zero-order valence-corrected chi connectivity index (χ0v) is 11.6. The molecule has 1 aliphatic rings. The molecule has 0 saturated carbocycles. The summed E-state index contributed by atoms with van der Waals surface area (Å²) >= 11 is 0. The number of nitrogens with one attached hydrogen (secondary N) is 2. The number of hydrogen-bond acceptors (Lipinski definition) is 3. The van der Waals surface area contributed by atoms with Crippen molar-refractivity contribution in [3.8, 4) is 0 Å². The van der Waals surface area contributed by atoms with Crippen LogP contribution in [0.25, 0.3) is 0 Å². The Morgan fingerprint density at radius 3 is 3.00 bits per heavy atom. The summed E-state index contributed by atoms with van der Waals surface area (Å²) in [4.78, 5) is 12.5. The number of hydrogen-bond donors (Lipinski definition) is 2. The summed E-state index contributed by atoms with van der Waals surface area (Å²) in [5, 5.41) is 10.4. The summed E-state index contributed by atoms with van der Waals surface area (Å²) < 4.78 is 1.68. The minimum atomic E-state index is -0.123. The van der Waals surface area contributed by atoms with Crippen molar-refractivity contribution in [3.63, 3.8) is 0 Å². The number of anilines is 2. The van der Waals surface area contributed by atoms with Crippen LogP contribution in [0.5, 0.6) is 0 Å². The maximum Gasteiger partial charge on any atom is 0.232 e. The van der Waals surface area contributed by atoms with E-state index in [4.69, 9.17) is 0 Å². The fraction of sp³-hybridized carbons (Fsp3) is 0.333. The number of benzene rings is 1. The van der Waals surface area contributed by atoms with Crippen molar-refractivity contribution >= 4 is 17.3 Å². The molecule has 2 unspecified atom stereocenters. The van der Waals surface area contributed by atoms with Crippen LogP contribution in [0.3, 0.4) is 0 Å². The van der Waals surface area contributed by atoms with Crippen LogP contribution in [-0.4, -0.2) is 21.7 Å². The lowest BCUT2D eigenvalue weighted by molar-refractivity contribution is -0.117. The van der Waals surface area contributed by atoms with Gasteiger partial charge in [-0.3, -0.25) is 9.48 Å². The number of nitrogens with zero attached hydrogens (tertiary/aromatic N) is 2. The maximum atomic E-state index is 12.5. The number of rotatable bonds is 2. The quantitative estimate of drug-likeness (QED) is 0.880. The molecule has 2 atom stereocenters. The third-order valence-electron chi connectivity index (χ3n) is 3.62. The molecule has 0 saturated heterocycles. The SMILES string of the molecule is CC1CC(C(=O)Nc2cnn(C)c2)c2ccccc2N1. The Morgan fingerprint density at radius 2 is 2.25 bits per heavy atom. The summed E-state index contributed by atoms with van der Waals surface area (Å²) in [6.45, 7) is 2.10. The topological polar surface area (TPSA) is 59.0 Å². The highest BCUT2D eigenvalue weighted by Crippen LogP contribution is 2.34. The van der Waals surface area contributed by atoms with Crippen molar-refractivity contribution in [2.45, 2.75) is 25.3 Å². The normalized spacial score (nSPS) is 20.9. The molecule has 0 fully saturated rings. The predicted octanol–water partition coefficient (Wildman–Crippen LogP) is 2.35. The second-order valence-corrected chi connectivity index (χ2v) is 5.31. The number of fused-ring (bicyclic) bond motifs is 1. The highest BCUT2D eigenvalue weighted by Gasteiger charge is 2.29. The largest absolute Gasteiger partial charge is 0.382 e. The zero-order chi connectivity index (χ0) is 14.1. The summed E-state index contributed by atoms with van der Waals surface area (Å²) in [7, 11) is 1.83. The summed E-state index contributed by atoms with van der Waals surface area (Å²) in [6, 6.07) is 8.28. The lowest BCUT2D eigenvalue weighted by Gasteiger charge is -2.30. The van der Waals surface area contributed by atoms with Crippen LogP contribution in [0.4, 0.5) is 11.4 Å². The number of aryl methyl sites for hydroxylation is 1. The molecule has 5 heteroatoms. The van der Waals surface area contributed by atoms with Gasteiger partial charge in [-0.15, -0.1) is 0 Å². The maximum absolute atomic E-state index is 12.5. The van der Waals surface area contributed by atoms with E-state index in [1.807, 2.05) is 31.3 Å². The predicted molar refractivity (Wildman–Crippen MR) is 78.7 cm³/mol. The fourth-order valence-electron chi connectivity index (χ4n) is 2.70. The molecule has 20 heavy (non-hydrogen) atoms. The standard InChI is InChI=1S/C15H18N4O/c1-10-7-13(12-5-3-4-6-14(12)17-10)15(20)18-11-8-16-19(2)9-11/h3-6,8-10,13,17H,7H2,1-2H3,(H,18,20). The highest BCUT2D eigenvalue weighted by atomic mass is 16.1. The summed E-state index contributed by atoms with van der Waals surface area (Å²) in [6.07, 6.45) is 4.26. The van der Waals surface area contributed by atoms with Crippen LogP contribution >= 0.6 is 0 Å². The van der Waals surface area contributed by atoms with E-state index in [2.05, 4.69) is 22.7 Å². The molecule has 0 aliphatic carbocycles. The van der Waals surface area contributed by atoms with Gasteiger partial charge in [-0.1, -0.05) is 18.2 Å². The van der Waals surface area contributed by atoms with E-state index >= 15 is 0 Å². The number of aromatic nitrogens is 2. The van der Waals surface area contributed by atoms with Gasteiger partial charge in [0, 0.05) is 25.0 Å². The first kappa shape index (κ1) is 12.7. The molecule has 1 aromatic carbocycles. The van der Waals surface area contributed by atoms with E-state index in [0.29, 0.717) is 0 Å². The molecular weight excluding hydrogens is 252 g/mol. The number of amides is 1. The molecule has 1 aliphatic heterocycles. The van der Waals surface area contributed by atoms with Crippen molar-refractivity contribution in [1.29, 1.82) is 0 Å². The first-order valence-corrected chi connectivity index (χ1v) is 6.78. The Hall–Kier alpha value is -2.30.